The normalized spacial score (nSPS) is 11.5. The third kappa shape index (κ3) is 5.74. The van der Waals surface area contributed by atoms with Gasteiger partial charge in [-0.15, -0.1) is 0 Å². The van der Waals surface area contributed by atoms with E-state index in [4.69, 9.17) is 0 Å². The molecule has 34 heavy (non-hydrogen) atoms. The molecule has 0 saturated heterocycles. The maximum absolute atomic E-state index is 13.2. The SMILES string of the molecule is CC(C)(C)c1ccc(C=NNc2nc(-c3ccccc3)c(NC(=O)c3ccc(F)cc3)s2)cc1. The lowest BCUT2D eigenvalue weighted by atomic mass is 9.87. The van der Waals surface area contributed by atoms with E-state index in [-0.39, 0.29) is 11.3 Å². The number of aromatic nitrogens is 1. The number of carbonyl (C=O) groups is 1. The molecule has 1 amide bonds. The zero-order valence-electron chi connectivity index (χ0n) is 19.2. The Hall–Kier alpha value is -3.84. The molecule has 1 aromatic heterocycles. The van der Waals surface area contributed by atoms with Gasteiger partial charge >= 0.3 is 0 Å². The van der Waals surface area contributed by atoms with Crippen molar-refractivity contribution in [3.05, 3.63) is 101 Å². The first-order chi connectivity index (χ1) is 16.3. The van der Waals surface area contributed by atoms with Crippen molar-refractivity contribution in [2.24, 2.45) is 5.10 Å². The van der Waals surface area contributed by atoms with Gasteiger partial charge in [-0.3, -0.25) is 10.2 Å². The highest BCUT2D eigenvalue weighted by atomic mass is 32.1. The van der Waals surface area contributed by atoms with Crippen LogP contribution in [0.15, 0.2) is 84.0 Å². The number of nitrogens with one attached hydrogen (secondary N) is 2. The van der Waals surface area contributed by atoms with Crippen LogP contribution in [0, 0.1) is 5.82 Å². The van der Waals surface area contributed by atoms with Crippen LogP contribution in [0.4, 0.5) is 14.5 Å². The third-order valence-electron chi connectivity index (χ3n) is 5.16. The summed E-state index contributed by atoms with van der Waals surface area (Å²) in [7, 11) is 0. The van der Waals surface area contributed by atoms with Crippen molar-refractivity contribution in [2.45, 2.75) is 26.2 Å². The average Bonchev–Trinajstić information content (AvgIpc) is 3.22. The van der Waals surface area contributed by atoms with Crippen LogP contribution in [-0.4, -0.2) is 17.1 Å². The highest BCUT2D eigenvalue weighted by Gasteiger charge is 2.17. The largest absolute Gasteiger partial charge is 0.312 e. The molecule has 0 aliphatic heterocycles. The lowest BCUT2D eigenvalue weighted by molar-refractivity contribution is 0.102. The number of hydrogen-bond acceptors (Lipinski definition) is 5. The molecule has 0 radical (unpaired) electrons. The predicted molar refractivity (Wildman–Crippen MR) is 138 cm³/mol. The van der Waals surface area contributed by atoms with Crippen molar-refractivity contribution < 1.29 is 9.18 Å². The maximum Gasteiger partial charge on any atom is 0.256 e. The van der Waals surface area contributed by atoms with E-state index in [0.717, 1.165) is 11.1 Å². The Kier molecular flexibility index (Phi) is 6.84. The third-order valence-corrected chi connectivity index (χ3v) is 6.03. The molecule has 0 unspecified atom stereocenters. The molecule has 2 N–H and O–H groups in total. The number of nitrogens with zero attached hydrogens (tertiary/aromatic N) is 2. The molecule has 0 bridgehead atoms. The molecule has 5 nitrogen and oxygen atoms in total. The standard InChI is InChI=1S/C27H25FN4OS/c1-27(2,3)21-13-9-18(10-14-21)17-29-32-26-30-23(19-7-5-4-6-8-19)25(34-26)31-24(33)20-11-15-22(28)16-12-20/h4-17H,1-3H3,(H,30,32)(H,31,33). The highest BCUT2D eigenvalue weighted by molar-refractivity contribution is 7.20. The van der Waals surface area contributed by atoms with Crippen LogP contribution >= 0.6 is 11.3 Å². The van der Waals surface area contributed by atoms with E-state index >= 15 is 0 Å². The number of rotatable bonds is 6. The fourth-order valence-electron chi connectivity index (χ4n) is 3.25. The highest BCUT2D eigenvalue weighted by Crippen LogP contribution is 2.36. The molecule has 0 aliphatic rings. The number of halogens is 1. The topological polar surface area (TPSA) is 66.4 Å². The summed E-state index contributed by atoms with van der Waals surface area (Å²) in [6.07, 6.45) is 1.73. The summed E-state index contributed by atoms with van der Waals surface area (Å²) in [5.74, 6) is -0.730. The van der Waals surface area contributed by atoms with E-state index < -0.39 is 5.82 Å². The molecule has 4 aromatic rings. The van der Waals surface area contributed by atoms with Crippen molar-refractivity contribution >= 4 is 33.6 Å². The Morgan fingerprint density at radius 3 is 2.29 bits per heavy atom. The first-order valence-electron chi connectivity index (χ1n) is 10.8. The van der Waals surface area contributed by atoms with Crippen LogP contribution < -0.4 is 10.7 Å². The van der Waals surface area contributed by atoms with Crippen molar-refractivity contribution in [3.63, 3.8) is 0 Å². The van der Waals surface area contributed by atoms with Crippen LogP contribution in [-0.2, 0) is 5.41 Å². The van der Waals surface area contributed by atoms with E-state index in [1.165, 1.54) is 41.2 Å². The van der Waals surface area contributed by atoms with E-state index in [9.17, 15) is 9.18 Å². The summed E-state index contributed by atoms with van der Waals surface area (Å²) in [6.45, 7) is 6.53. The number of benzene rings is 3. The van der Waals surface area contributed by atoms with Crippen LogP contribution in [0.3, 0.4) is 0 Å². The zero-order valence-corrected chi connectivity index (χ0v) is 20.0. The van der Waals surface area contributed by atoms with Gasteiger partial charge in [0.05, 0.1) is 6.21 Å². The Labute approximate surface area is 202 Å². The number of hydrogen-bond donors (Lipinski definition) is 2. The second kappa shape index (κ2) is 9.97. The smallest absolute Gasteiger partial charge is 0.256 e. The molecule has 0 fully saturated rings. The number of anilines is 2. The molecule has 0 atom stereocenters. The Balaban J connectivity index is 1.54. The Morgan fingerprint density at radius 2 is 1.65 bits per heavy atom. The predicted octanol–water partition coefficient (Wildman–Crippen LogP) is 6.95. The zero-order chi connectivity index (χ0) is 24.1. The van der Waals surface area contributed by atoms with Crippen LogP contribution in [0.2, 0.25) is 0 Å². The molecule has 4 rings (SSSR count). The molecule has 0 saturated carbocycles. The number of amides is 1. The van der Waals surface area contributed by atoms with Gasteiger partial charge in [-0.1, -0.05) is 86.7 Å². The van der Waals surface area contributed by atoms with Crippen LogP contribution in [0.5, 0.6) is 0 Å². The van der Waals surface area contributed by atoms with Gasteiger partial charge in [0.1, 0.15) is 16.5 Å². The lowest BCUT2D eigenvalue weighted by Crippen LogP contribution is -2.11. The molecular formula is C27H25FN4OS. The fourth-order valence-corrected chi connectivity index (χ4v) is 4.08. The average molecular weight is 473 g/mol. The molecular weight excluding hydrogens is 447 g/mol. The van der Waals surface area contributed by atoms with Gasteiger partial charge in [-0.2, -0.15) is 5.10 Å². The number of carbonyl (C=O) groups excluding carboxylic acids is 1. The lowest BCUT2D eigenvalue weighted by Gasteiger charge is -2.18. The van der Waals surface area contributed by atoms with E-state index in [1.807, 2.05) is 42.5 Å². The second-order valence-corrected chi connectivity index (χ2v) is 9.76. The van der Waals surface area contributed by atoms with E-state index in [0.29, 0.717) is 21.4 Å². The van der Waals surface area contributed by atoms with Gasteiger partial charge in [0.15, 0.2) is 0 Å². The molecule has 0 aliphatic carbocycles. The Morgan fingerprint density at radius 1 is 0.971 bits per heavy atom. The minimum Gasteiger partial charge on any atom is -0.312 e. The minimum absolute atomic E-state index is 0.0946. The van der Waals surface area contributed by atoms with Gasteiger partial charge in [0.2, 0.25) is 5.13 Å². The summed E-state index contributed by atoms with van der Waals surface area (Å²) >= 11 is 1.28. The van der Waals surface area contributed by atoms with E-state index in [2.05, 4.69) is 53.7 Å². The minimum atomic E-state index is -0.392. The molecule has 0 spiro atoms. The Bertz CT molecular complexity index is 1290. The van der Waals surface area contributed by atoms with Crippen molar-refractivity contribution in [1.82, 2.24) is 4.98 Å². The van der Waals surface area contributed by atoms with Gasteiger partial charge in [0, 0.05) is 11.1 Å². The summed E-state index contributed by atoms with van der Waals surface area (Å²) < 4.78 is 13.2. The summed E-state index contributed by atoms with van der Waals surface area (Å²) in [6, 6.07) is 23.2. The molecule has 1 heterocycles. The van der Waals surface area contributed by atoms with Gasteiger partial charge in [-0.05, 0) is 40.8 Å². The molecule has 7 heteroatoms. The van der Waals surface area contributed by atoms with Crippen molar-refractivity contribution in [2.75, 3.05) is 10.7 Å². The second-order valence-electron chi connectivity index (χ2n) is 8.77. The fraction of sp³-hybridized carbons (Fsp3) is 0.148. The van der Waals surface area contributed by atoms with Gasteiger partial charge < -0.3 is 5.32 Å². The molecule has 172 valence electrons. The first kappa shape index (κ1) is 23.3. The van der Waals surface area contributed by atoms with Crippen molar-refractivity contribution in [1.29, 1.82) is 0 Å². The summed E-state index contributed by atoms with van der Waals surface area (Å²) in [5.41, 5.74) is 7.14. The summed E-state index contributed by atoms with van der Waals surface area (Å²) in [4.78, 5) is 17.3. The van der Waals surface area contributed by atoms with Gasteiger partial charge in [-0.25, -0.2) is 9.37 Å². The van der Waals surface area contributed by atoms with E-state index in [1.54, 1.807) is 6.21 Å². The van der Waals surface area contributed by atoms with Crippen LogP contribution in [0.25, 0.3) is 11.3 Å². The quantitative estimate of drug-likeness (QED) is 0.236. The first-order valence-corrected chi connectivity index (χ1v) is 11.6. The number of thiazole rings is 1. The summed E-state index contributed by atoms with van der Waals surface area (Å²) in [5, 5.41) is 8.33. The maximum atomic E-state index is 13.2. The molecule has 3 aromatic carbocycles. The number of hydrazone groups is 1. The van der Waals surface area contributed by atoms with Crippen LogP contribution in [0.1, 0.15) is 42.3 Å². The van der Waals surface area contributed by atoms with Gasteiger partial charge in [0.25, 0.3) is 5.91 Å². The van der Waals surface area contributed by atoms with Crippen molar-refractivity contribution in [3.8, 4) is 11.3 Å². The monoisotopic (exact) mass is 472 g/mol.